The first-order valence-corrected chi connectivity index (χ1v) is 14.7. The fourth-order valence-electron chi connectivity index (χ4n) is 4.39. The number of ether oxygens (including phenoxy) is 2. The van der Waals surface area contributed by atoms with Gasteiger partial charge in [-0.1, -0.05) is 101 Å². The molecule has 1 aliphatic rings. The molecule has 1 N–H and O–H groups in total. The van der Waals surface area contributed by atoms with Gasteiger partial charge in [0, 0.05) is 17.0 Å². The van der Waals surface area contributed by atoms with Crippen LogP contribution in [0.25, 0.3) is 10.6 Å². The largest absolute Gasteiger partial charge is 0.489 e. The normalized spacial score (nSPS) is 14.3. The molecule has 0 amide bonds. The number of carbonyl (C=O) groups excluding carboxylic acids is 1. The molecule has 0 bridgehead atoms. The van der Waals surface area contributed by atoms with E-state index in [0.717, 1.165) is 26.0 Å². The van der Waals surface area contributed by atoms with Crippen molar-refractivity contribution in [3.05, 3.63) is 107 Å². The summed E-state index contributed by atoms with van der Waals surface area (Å²) in [6.45, 7) is 2.48. The van der Waals surface area contributed by atoms with Crippen LogP contribution in [0.5, 0.6) is 5.75 Å². The molecule has 5 aromatic rings. The van der Waals surface area contributed by atoms with Gasteiger partial charge in [-0.3, -0.25) is 0 Å². The van der Waals surface area contributed by atoms with Gasteiger partial charge in [0.05, 0.1) is 12.2 Å². The molecular weight excluding hydrogens is 558 g/mol. The van der Waals surface area contributed by atoms with Crippen molar-refractivity contribution in [2.24, 2.45) is 0 Å². The summed E-state index contributed by atoms with van der Waals surface area (Å²) in [4.78, 5) is 13.4. The molecule has 1 aliphatic heterocycles. The van der Waals surface area contributed by atoms with Crippen LogP contribution in [-0.2, 0) is 16.1 Å². The van der Waals surface area contributed by atoms with Crippen molar-refractivity contribution >= 4 is 35.0 Å². The van der Waals surface area contributed by atoms with E-state index in [1.165, 1.54) is 23.1 Å². The molecule has 3 heterocycles. The van der Waals surface area contributed by atoms with Crippen molar-refractivity contribution in [3.63, 3.8) is 0 Å². The molecule has 0 saturated heterocycles. The molecule has 10 nitrogen and oxygen atoms in total. The first kappa shape index (κ1) is 26.7. The molecule has 0 radical (unpaired) electrons. The quantitative estimate of drug-likeness (QED) is 0.169. The van der Waals surface area contributed by atoms with Crippen LogP contribution in [0, 0.1) is 0 Å². The number of rotatable bonds is 10. The zero-order chi connectivity index (χ0) is 28.0. The number of esters is 1. The summed E-state index contributed by atoms with van der Waals surface area (Å²) in [5.41, 5.74) is 4.00. The lowest BCUT2D eigenvalue weighted by atomic mass is 9.95. The third kappa shape index (κ3) is 5.98. The number of nitrogens with zero attached hydrogens (tertiary/aromatic N) is 6. The van der Waals surface area contributed by atoms with E-state index >= 15 is 0 Å². The van der Waals surface area contributed by atoms with Crippen LogP contribution in [-0.4, -0.2) is 48.7 Å². The Hall–Kier alpha value is -4.55. The van der Waals surface area contributed by atoms with Gasteiger partial charge in [0.15, 0.2) is 4.34 Å². The van der Waals surface area contributed by atoms with Crippen molar-refractivity contribution < 1.29 is 14.3 Å². The summed E-state index contributed by atoms with van der Waals surface area (Å²) in [6.07, 6.45) is 0. The molecule has 6 rings (SSSR count). The summed E-state index contributed by atoms with van der Waals surface area (Å²) in [7, 11) is 0. The maximum absolute atomic E-state index is 13.4. The molecule has 0 saturated carbocycles. The van der Waals surface area contributed by atoms with Crippen molar-refractivity contribution in [2.75, 3.05) is 17.7 Å². The van der Waals surface area contributed by atoms with Crippen LogP contribution in [0.3, 0.4) is 0 Å². The van der Waals surface area contributed by atoms with E-state index in [1.807, 2.05) is 84.9 Å². The first-order chi connectivity index (χ1) is 20.2. The molecule has 1 unspecified atom stereocenters. The number of hydrogen-bond donors (Lipinski definition) is 1. The van der Waals surface area contributed by atoms with Crippen molar-refractivity contribution in [3.8, 4) is 16.3 Å². The molecule has 0 aliphatic carbocycles. The van der Waals surface area contributed by atoms with Gasteiger partial charge in [-0.25, -0.2) is 4.79 Å². The predicted molar refractivity (Wildman–Crippen MR) is 157 cm³/mol. The average Bonchev–Trinajstić information content (AvgIpc) is 3.69. The van der Waals surface area contributed by atoms with Gasteiger partial charge >= 0.3 is 5.97 Å². The van der Waals surface area contributed by atoms with E-state index in [9.17, 15) is 4.79 Å². The van der Waals surface area contributed by atoms with Crippen LogP contribution in [0.1, 0.15) is 24.1 Å². The SMILES string of the molecule is CCOC(=O)C1=C(CSc2nnc(-c3ccccc3)s2)Nc2nnnn2C1c1ccc(OCc2ccccc2)cc1. The van der Waals surface area contributed by atoms with Gasteiger partial charge in [-0.2, -0.15) is 4.68 Å². The Morgan fingerprint density at radius 2 is 1.73 bits per heavy atom. The number of anilines is 1. The molecule has 206 valence electrons. The van der Waals surface area contributed by atoms with E-state index in [2.05, 4.69) is 31.0 Å². The van der Waals surface area contributed by atoms with Gasteiger partial charge in [-0.15, -0.1) is 10.2 Å². The molecule has 12 heteroatoms. The fraction of sp³-hybridized carbons (Fsp3) is 0.172. The van der Waals surface area contributed by atoms with Crippen LogP contribution >= 0.6 is 23.1 Å². The molecule has 0 spiro atoms. The highest BCUT2D eigenvalue weighted by atomic mass is 32.2. The van der Waals surface area contributed by atoms with E-state index in [1.54, 1.807) is 11.6 Å². The summed E-state index contributed by atoms with van der Waals surface area (Å²) in [5.74, 6) is 1.13. The number of benzene rings is 3. The summed E-state index contributed by atoms with van der Waals surface area (Å²) < 4.78 is 13.8. The van der Waals surface area contributed by atoms with Gasteiger partial charge in [0.2, 0.25) is 5.95 Å². The topological polar surface area (TPSA) is 117 Å². The second-order valence-electron chi connectivity index (χ2n) is 8.96. The Labute approximate surface area is 244 Å². The zero-order valence-corrected chi connectivity index (χ0v) is 23.6. The van der Waals surface area contributed by atoms with Gasteiger partial charge in [0.25, 0.3) is 0 Å². The average molecular weight is 584 g/mol. The minimum atomic E-state index is -0.589. The van der Waals surface area contributed by atoms with Crippen molar-refractivity contribution in [1.29, 1.82) is 0 Å². The molecule has 2 aromatic heterocycles. The Kier molecular flexibility index (Phi) is 8.01. The number of aromatic nitrogens is 6. The number of fused-ring (bicyclic) bond motifs is 1. The maximum atomic E-state index is 13.4. The van der Waals surface area contributed by atoms with E-state index in [0.29, 0.717) is 35.3 Å². The summed E-state index contributed by atoms with van der Waals surface area (Å²) >= 11 is 2.98. The zero-order valence-electron chi connectivity index (χ0n) is 22.0. The highest BCUT2D eigenvalue weighted by Gasteiger charge is 2.36. The Morgan fingerprint density at radius 3 is 2.49 bits per heavy atom. The van der Waals surface area contributed by atoms with Crippen LogP contribution in [0.4, 0.5) is 5.95 Å². The lowest BCUT2D eigenvalue weighted by Gasteiger charge is -2.28. The molecule has 1 atom stereocenters. The second kappa shape index (κ2) is 12.3. The smallest absolute Gasteiger partial charge is 0.338 e. The van der Waals surface area contributed by atoms with Crippen molar-refractivity contribution in [1.82, 2.24) is 30.4 Å². The number of tetrazole rings is 1. The summed E-state index contributed by atoms with van der Waals surface area (Å²) in [6, 6.07) is 26.9. The van der Waals surface area contributed by atoms with Crippen LogP contribution < -0.4 is 10.1 Å². The fourth-order valence-corrected chi connectivity index (χ4v) is 6.22. The number of hydrogen-bond acceptors (Lipinski definition) is 11. The van der Waals surface area contributed by atoms with Gasteiger partial charge < -0.3 is 14.8 Å². The predicted octanol–water partition coefficient (Wildman–Crippen LogP) is 5.40. The van der Waals surface area contributed by atoms with Crippen LogP contribution in [0.2, 0.25) is 0 Å². The lowest BCUT2D eigenvalue weighted by Crippen LogP contribution is -2.31. The van der Waals surface area contributed by atoms with Gasteiger partial charge in [0.1, 0.15) is 23.4 Å². The Bertz CT molecular complexity index is 1650. The Morgan fingerprint density at radius 1 is 0.976 bits per heavy atom. The monoisotopic (exact) mass is 583 g/mol. The number of thioether (sulfide) groups is 1. The Balaban J connectivity index is 1.27. The number of nitrogens with one attached hydrogen (secondary N) is 1. The molecule has 41 heavy (non-hydrogen) atoms. The molecule has 3 aromatic carbocycles. The van der Waals surface area contributed by atoms with E-state index in [4.69, 9.17) is 9.47 Å². The minimum Gasteiger partial charge on any atom is -0.489 e. The minimum absolute atomic E-state index is 0.237. The third-order valence-electron chi connectivity index (χ3n) is 6.31. The van der Waals surface area contributed by atoms with Crippen LogP contribution in [0.15, 0.2) is 101 Å². The third-order valence-corrected chi connectivity index (χ3v) is 8.44. The van der Waals surface area contributed by atoms with Gasteiger partial charge in [-0.05, 0) is 40.6 Å². The maximum Gasteiger partial charge on any atom is 0.338 e. The summed E-state index contributed by atoms with van der Waals surface area (Å²) in [5, 5.41) is 25.0. The first-order valence-electron chi connectivity index (χ1n) is 12.9. The standard InChI is InChI=1S/C29H25N7O3S2/c1-2-38-27(37)24-23(18-40-29-33-31-26(41-29)21-11-7-4-8-12-21)30-28-32-34-35-36(28)25(24)20-13-15-22(16-14-20)39-17-19-9-5-3-6-10-19/h3-16,25H,2,17-18H2,1H3,(H,30,32,35). The second-order valence-corrected chi connectivity index (χ2v) is 11.2. The van der Waals surface area contributed by atoms with E-state index < -0.39 is 12.0 Å². The lowest BCUT2D eigenvalue weighted by molar-refractivity contribution is -0.139. The molecule has 0 fully saturated rings. The highest BCUT2D eigenvalue weighted by Crippen LogP contribution is 2.38. The number of carbonyl (C=O) groups is 1. The highest BCUT2D eigenvalue weighted by molar-refractivity contribution is 8.01. The molecular formula is C29H25N7O3S2. The van der Waals surface area contributed by atoms with Crippen molar-refractivity contribution in [2.45, 2.75) is 23.9 Å². The van der Waals surface area contributed by atoms with E-state index in [-0.39, 0.29) is 6.61 Å².